The lowest BCUT2D eigenvalue weighted by Crippen LogP contribution is -2.31. The van der Waals surface area contributed by atoms with Crippen molar-refractivity contribution in [2.75, 3.05) is 0 Å². The van der Waals surface area contributed by atoms with Crippen LogP contribution >= 0.6 is 0 Å². The van der Waals surface area contributed by atoms with E-state index in [0.717, 1.165) is 5.56 Å². The number of esters is 1. The Balaban J connectivity index is 2.67. The van der Waals surface area contributed by atoms with Crippen molar-refractivity contribution in [2.24, 2.45) is 5.92 Å². The maximum absolute atomic E-state index is 12.0. The Morgan fingerprint density at radius 3 is 2.30 bits per heavy atom. The molecule has 1 aromatic carbocycles. The van der Waals surface area contributed by atoms with Crippen LogP contribution < -0.4 is 0 Å². The van der Waals surface area contributed by atoms with Crippen LogP contribution in [0.4, 0.5) is 0 Å². The third-order valence-corrected chi connectivity index (χ3v) is 2.66. The monoisotopic (exact) mass is 274 g/mol. The van der Waals surface area contributed by atoms with Gasteiger partial charge in [-0.3, -0.25) is 9.59 Å². The van der Waals surface area contributed by atoms with Crippen LogP contribution in [0.15, 0.2) is 36.4 Å². The summed E-state index contributed by atoms with van der Waals surface area (Å²) in [6.07, 6.45) is 4.10. The second-order valence-corrected chi connectivity index (χ2v) is 5.75. The van der Waals surface area contributed by atoms with Crippen LogP contribution in [-0.2, 0) is 14.3 Å². The lowest BCUT2D eigenvalue weighted by Gasteiger charge is -2.22. The third kappa shape index (κ3) is 5.83. The van der Waals surface area contributed by atoms with E-state index >= 15 is 0 Å². The van der Waals surface area contributed by atoms with E-state index in [2.05, 4.69) is 0 Å². The summed E-state index contributed by atoms with van der Waals surface area (Å²) in [5.41, 5.74) is 0.465. The van der Waals surface area contributed by atoms with Crippen molar-refractivity contribution >= 4 is 17.8 Å². The summed E-state index contributed by atoms with van der Waals surface area (Å²) in [5.74, 6) is -1.35. The third-order valence-electron chi connectivity index (χ3n) is 2.66. The maximum Gasteiger partial charge on any atom is 0.317 e. The van der Waals surface area contributed by atoms with Crippen molar-refractivity contribution in [3.05, 3.63) is 42.0 Å². The first kappa shape index (κ1) is 16.2. The molecular formula is C17H22O3. The Hall–Kier alpha value is -1.90. The molecule has 3 heteroatoms. The lowest BCUT2D eigenvalue weighted by atomic mass is 10.00. The first-order chi connectivity index (χ1) is 9.29. The van der Waals surface area contributed by atoms with E-state index in [9.17, 15) is 9.59 Å². The van der Waals surface area contributed by atoms with Gasteiger partial charge >= 0.3 is 5.97 Å². The highest BCUT2D eigenvalue weighted by Crippen LogP contribution is 2.16. The van der Waals surface area contributed by atoms with Crippen molar-refractivity contribution in [2.45, 2.75) is 39.7 Å². The van der Waals surface area contributed by atoms with Gasteiger partial charge in [-0.25, -0.2) is 0 Å². The zero-order chi connectivity index (χ0) is 15.2. The van der Waals surface area contributed by atoms with Gasteiger partial charge in [-0.2, -0.15) is 0 Å². The molecule has 0 spiro atoms. The normalized spacial score (nSPS) is 13.2. The summed E-state index contributed by atoms with van der Waals surface area (Å²) in [4.78, 5) is 23.5. The van der Waals surface area contributed by atoms with Crippen molar-refractivity contribution in [1.82, 2.24) is 0 Å². The van der Waals surface area contributed by atoms with E-state index in [1.807, 2.05) is 42.5 Å². The number of hydrogen-bond donors (Lipinski definition) is 0. The van der Waals surface area contributed by atoms with Gasteiger partial charge in [-0.15, -0.1) is 0 Å². The SMILES string of the molecule is CC(=O)C(CC=Cc1ccccc1)C(=O)OC(C)(C)C. The molecule has 0 aromatic heterocycles. The molecule has 1 unspecified atom stereocenters. The average molecular weight is 274 g/mol. The minimum Gasteiger partial charge on any atom is -0.459 e. The summed E-state index contributed by atoms with van der Waals surface area (Å²) in [6.45, 7) is 6.80. The minimum absolute atomic E-state index is 0.169. The summed E-state index contributed by atoms with van der Waals surface area (Å²) < 4.78 is 5.27. The van der Waals surface area contributed by atoms with Crippen LogP contribution in [-0.4, -0.2) is 17.4 Å². The van der Waals surface area contributed by atoms with E-state index in [1.54, 1.807) is 20.8 Å². The zero-order valence-electron chi connectivity index (χ0n) is 12.6. The van der Waals surface area contributed by atoms with Gasteiger partial charge in [0.2, 0.25) is 0 Å². The van der Waals surface area contributed by atoms with E-state index in [0.29, 0.717) is 6.42 Å². The van der Waals surface area contributed by atoms with Crippen LogP contribution in [0.1, 0.15) is 39.7 Å². The average Bonchev–Trinajstić information content (AvgIpc) is 2.33. The standard InChI is InChI=1S/C17H22O3/c1-13(18)15(16(19)20-17(2,3)4)12-8-11-14-9-6-5-7-10-14/h5-11,15H,12H2,1-4H3. The van der Waals surface area contributed by atoms with Crippen molar-refractivity contribution < 1.29 is 14.3 Å². The van der Waals surface area contributed by atoms with Gasteiger partial charge in [0.05, 0.1) is 0 Å². The largest absolute Gasteiger partial charge is 0.459 e. The Labute approximate surface area is 120 Å². The summed E-state index contributed by atoms with van der Waals surface area (Å²) in [5, 5.41) is 0. The predicted molar refractivity (Wildman–Crippen MR) is 80.1 cm³/mol. The molecule has 0 bridgehead atoms. The predicted octanol–water partition coefficient (Wildman–Crippen LogP) is 3.64. The number of ketones is 1. The summed E-state index contributed by atoms with van der Waals surface area (Å²) in [7, 11) is 0. The molecular weight excluding hydrogens is 252 g/mol. The van der Waals surface area contributed by atoms with Crippen LogP contribution in [0.5, 0.6) is 0 Å². The number of allylic oxidation sites excluding steroid dienone is 1. The maximum atomic E-state index is 12.0. The molecule has 1 atom stereocenters. The highest BCUT2D eigenvalue weighted by Gasteiger charge is 2.27. The first-order valence-electron chi connectivity index (χ1n) is 6.74. The van der Waals surface area contributed by atoms with E-state index in [4.69, 9.17) is 4.74 Å². The quantitative estimate of drug-likeness (QED) is 0.608. The number of ether oxygens (including phenoxy) is 1. The molecule has 1 aromatic rings. The molecule has 0 aliphatic heterocycles. The van der Waals surface area contributed by atoms with Crippen molar-refractivity contribution in [3.63, 3.8) is 0 Å². The Bertz CT molecular complexity index is 481. The molecule has 0 amide bonds. The number of hydrogen-bond acceptors (Lipinski definition) is 3. The van der Waals surface area contributed by atoms with Crippen LogP contribution in [0.25, 0.3) is 6.08 Å². The molecule has 0 saturated carbocycles. The van der Waals surface area contributed by atoms with Gasteiger partial charge in [-0.05, 0) is 39.7 Å². The van der Waals surface area contributed by atoms with E-state index < -0.39 is 17.5 Å². The Kier molecular flexibility index (Phi) is 5.68. The number of benzene rings is 1. The molecule has 1 rings (SSSR count). The number of Topliss-reactive ketones (excluding diaryl/α,β-unsaturated/α-hetero) is 1. The molecule has 0 aliphatic carbocycles. The van der Waals surface area contributed by atoms with Crippen molar-refractivity contribution in [1.29, 1.82) is 0 Å². The fourth-order valence-corrected chi connectivity index (χ4v) is 1.71. The molecule has 0 heterocycles. The zero-order valence-corrected chi connectivity index (χ0v) is 12.6. The topological polar surface area (TPSA) is 43.4 Å². The molecule has 0 saturated heterocycles. The first-order valence-corrected chi connectivity index (χ1v) is 6.74. The number of carbonyl (C=O) groups excluding carboxylic acids is 2. The second-order valence-electron chi connectivity index (χ2n) is 5.75. The fraction of sp³-hybridized carbons (Fsp3) is 0.412. The molecule has 108 valence electrons. The van der Waals surface area contributed by atoms with Crippen LogP contribution in [0.3, 0.4) is 0 Å². The van der Waals surface area contributed by atoms with Crippen LogP contribution in [0, 0.1) is 5.92 Å². The number of rotatable bonds is 5. The van der Waals surface area contributed by atoms with Gasteiger partial charge in [0.25, 0.3) is 0 Å². The molecule has 0 N–H and O–H groups in total. The van der Waals surface area contributed by atoms with Gasteiger partial charge in [0.1, 0.15) is 17.3 Å². The molecule has 0 aliphatic rings. The molecule has 0 radical (unpaired) electrons. The van der Waals surface area contributed by atoms with E-state index in [-0.39, 0.29) is 5.78 Å². The highest BCUT2D eigenvalue weighted by atomic mass is 16.6. The Morgan fingerprint density at radius 2 is 1.80 bits per heavy atom. The lowest BCUT2D eigenvalue weighted by molar-refractivity contribution is -0.161. The Morgan fingerprint density at radius 1 is 1.20 bits per heavy atom. The van der Waals surface area contributed by atoms with Crippen molar-refractivity contribution in [3.8, 4) is 0 Å². The molecule has 0 fully saturated rings. The van der Waals surface area contributed by atoms with E-state index in [1.165, 1.54) is 6.92 Å². The van der Waals surface area contributed by atoms with Crippen LogP contribution in [0.2, 0.25) is 0 Å². The van der Waals surface area contributed by atoms with Gasteiger partial charge in [-0.1, -0.05) is 42.5 Å². The summed E-state index contributed by atoms with van der Waals surface area (Å²) >= 11 is 0. The van der Waals surface area contributed by atoms with Gasteiger partial charge < -0.3 is 4.74 Å². The molecule has 3 nitrogen and oxygen atoms in total. The van der Waals surface area contributed by atoms with Gasteiger partial charge in [0.15, 0.2) is 0 Å². The second kappa shape index (κ2) is 7.04. The summed E-state index contributed by atoms with van der Waals surface area (Å²) in [6, 6.07) is 9.75. The smallest absolute Gasteiger partial charge is 0.317 e. The molecule has 20 heavy (non-hydrogen) atoms. The fourth-order valence-electron chi connectivity index (χ4n) is 1.71. The van der Waals surface area contributed by atoms with Gasteiger partial charge in [0, 0.05) is 0 Å². The number of carbonyl (C=O) groups is 2. The highest BCUT2D eigenvalue weighted by molar-refractivity contribution is 5.98. The minimum atomic E-state index is -0.728.